The smallest absolute Gasteiger partial charge is 0.372 e. The molecule has 1 unspecified atom stereocenters. The Hall–Kier alpha value is -2.52. The summed E-state index contributed by atoms with van der Waals surface area (Å²) in [6, 6.07) is 3.58. The summed E-state index contributed by atoms with van der Waals surface area (Å²) in [5.41, 5.74) is 3.30. The van der Waals surface area contributed by atoms with Crippen molar-refractivity contribution < 1.29 is 22.7 Å². The maximum atomic E-state index is 13.0. The van der Waals surface area contributed by atoms with Crippen LogP contribution in [-0.2, 0) is 11.2 Å². The summed E-state index contributed by atoms with van der Waals surface area (Å²) in [5, 5.41) is 3.67. The number of rotatable bonds is 6. The highest BCUT2D eigenvalue weighted by atomic mass is 35.5. The van der Waals surface area contributed by atoms with Crippen LogP contribution >= 0.6 is 11.6 Å². The van der Waals surface area contributed by atoms with E-state index in [2.05, 4.69) is 19.9 Å². The number of imidazole rings is 1. The number of likely N-dealkylation sites (tertiary alicyclic amines) is 1. The van der Waals surface area contributed by atoms with Crippen LogP contribution in [0, 0.1) is 11.3 Å². The standard InChI is InChI=1S/C26H30ClF3N4O2/c1-2-21-23(34-16-18(27)3-8-22(34)32-21)24(35)31-15-17-13-25(14-17)9-11-33(12-10-25)19-4-6-20(7-5-19)36-26(28,29)30/h3-6,8,16-17,20H,2,7,9-15H2,1H3,(H,31,35). The number of fused-ring (bicyclic) bond motifs is 1. The Morgan fingerprint density at radius 1 is 1.28 bits per heavy atom. The minimum atomic E-state index is -4.61. The second kappa shape index (κ2) is 9.74. The lowest BCUT2D eigenvalue weighted by atomic mass is 9.57. The van der Waals surface area contributed by atoms with Crippen LogP contribution in [0.25, 0.3) is 5.65 Å². The normalized spacial score (nSPS) is 22.1. The lowest BCUT2D eigenvalue weighted by Crippen LogP contribution is -2.49. The molecule has 0 aromatic carbocycles. The maximum Gasteiger partial charge on any atom is 0.523 e. The number of aryl methyl sites for hydroxylation is 1. The number of pyridine rings is 1. The first-order chi connectivity index (χ1) is 17.1. The van der Waals surface area contributed by atoms with Crippen molar-refractivity contribution in [1.29, 1.82) is 0 Å². The van der Waals surface area contributed by atoms with E-state index < -0.39 is 12.5 Å². The van der Waals surface area contributed by atoms with Crippen molar-refractivity contribution in [2.75, 3.05) is 19.6 Å². The Kier molecular flexibility index (Phi) is 6.80. The van der Waals surface area contributed by atoms with Crippen molar-refractivity contribution in [3.63, 3.8) is 0 Å². The van der Waals surface area contributed by atoms with Crippen LogP contribution < -0.4 is 5.32 Å². The minimum Gasteiger partial charge on any atom is -0.372 e. The van der Waals surface area contributed by atoms with Crippen LogP contribution in [-0.4, -0.2) is 52.3 Å². The van der Waals surface area contributed by atoms with E-state index in [0.717, 1.165) is 50.2 Å². The molecule has 6 nitrogen and oxygen atoms in total. The van der Waals surface area contributed by atoms with Gasteiger partial charge in [-0.1, -0.05) is 30.7 Å². The number of aromatic nitrogens is 2. The first-order valence-corrected chi connectivity index (χ1v) is 12.8. The molecule has 2 aromatic rings. The quantitative estimate of drug-likeness (QED) is 0.542. The fraction of sp³-hybridized carbons (Fsp3) is 0.538. The van der Waals surface area contributed by atoms with Gasteiger partial charge in [0.2, 0.25) is 0 Å². The van der Waals surface area contributed by atoms with Gasteiger partial charge in [0.1, 0.15) is 11.3 Å². The third-order valence-corrected chi connectivity index (χ3v) is 7.94. The average molecular weight is 523 g/mol. The minimum absolute atomic E-state index is 0.124. The van der Waals surface area contributed by atoms with Gasteiger partial charge in [-0.15, -0.1) is 13.2 Å². The molecular weight excluding hydrogens is 493 g/mol. The molecule has 36 heavy (non-hydrogen) atoms. The van der Waals surface area contributed by atoms with Gasteiger partial charge in [-0.3, -0.25) is 13.9 Å². The van der Waals surface area contributed by atoms with E-state index in [0.29, 0.717) is 40.7 Å². The highest BCUT2D eigenvalue weighted by Gasteiger charge is 2.46. The number of carbonyl (C=O) groups is 1. The molecular formula is C26H30ClF3N4O2. The summed E-state index contributed by atoms with van der Waals surface area (Å²) < 4.78 is 43.1. The van der Waals surface area contributed by atoms with E-state index in [1.807, 2.05) is 19.1 Å². The van der Waals surface area contributed by atoms with E-state index in [4.69, 9.17) is 11.6 Å². The van der Waals surface area contributed by atoms with Gasteiger partial charge in [-0.05, 0) is 68.1 Å². The van der Waals surface area contributed by atoms with Crippen molar-refractivity contribution in [1.82, 2.24) is 19.6 Å². The molecule has 1 amide bonds. The summed E-state index contributed by atoms with van der Waals surface area (Å²) in [4.78, 5) is 19.8. The highest BCUT2D eigenvalue weighted by molar-refractivity contribution is 6.30. The molecule has 2 fully saturated rings. The largest absolute Gasteiger partial charge is 0.523 e. The number of nitrogens with zero attached hydrogens (tertiary/aromatic N) is 3. The van der Waals surface area contributed by atoms with E-state index in [9.17, 15) is 18.0 Å². The van der Waals surface area contributed by atoms with Gasteiger partial charge in [0.25, 0.3) is 5.91 Å². The lowest BCUT2D eigenvalue weighted by molar-refractivity contribution is -0.336. The van der Waals surface area contributed by atoms with E-state index >= 15 is 0 Å². The molecule has 194 valence electrons. The lowest BCUT2D eigenvalue weighted by Gasteiger charge is -2.53. The fourth-order valence-corrected chi connectivity index (χ4v) is 6.08. The zero-order valence-corrected chi connectivity index (χ0v) is 20.9. The first kappa shape index (κ1) is 25.1. The fourth-order valence-electron chi connectivity index (χ4n) is 5.91. The van der Waals surface area contributed by atoms with Gasteiger partial charge >= 0.3 is 6.36 Å². The molecule has 1 spiro atoms. The first-order valence-electron chi connectivity index (χ1n) is 12.5. The topological polar surface area (TPSA) is 58.9 Å². The van der Waals surface area contributed by atoms with Gasteiger partial charge in [0, 0.05) is 31.5 Å². The van der Waals surface area contributed by atoms with Crippen molar-refractivity contribution in [3.05, 3.63) is 58.7 Å². The van der Waals surface area contributed by atoms with Crippen LogP contribution in [0.3, 0.4) is 0 Å². The molecule has 1 aliphatic heterocycles. The predicted molar refractivity (Wildman–Crippen MR) is 131 cm³/mol. The third kappa shape index (κ3) is 5.27. The summed E-state index contributed by atoms with van der Waals surface area (Å²) in [7, 11) is 0. The SMILES string of the molecule is CCc1nc2ccc(Cl)cn2c1C(=O)NCC1CC2(CCN(C3=CCC(OC(F)(F)F)C=C3)CC2)C1. The number of halogens is 4. The molecule has 0 bridgehead atoms. The van der Waals surface area contributed by atoms with E-state index in [1.165, 1.54) is 6.08 Å². The number of alkyl halides is 3. The van der Waals surface area contributed by atoms with Crippen LogP contribution in [0.15, 0.2) is 42.3 Å². The molecule has 1 N–H and O–H groups in total. The molecule has 2 aliphatic carbocycles. The monoisotopic (exact) mass is 522 g/mol. The molecule has 1 atom stereocenters. The van der Waals surface area contributed by atoms with Crippen molar-refractivity contribution in [2.45, 2.75) is 57.9 Å². The second-order valence-corrected chi connectivity index (χ2v) is 10.6. The molecule has 5 rings (SSSR count). The van der Waals surface area contributed by atoms with E-state index in [1.54, 1.807) is 22.7 Å². The van der Waals surface area contributed by atoms with Crippen molar-refractivity contribution >= 4 is 23.2 Å². The van der Waals surface area contributed by atoms with Gasteiger partial charge in [-0.25, -0.2) is 4.98 Å². The Labute approximate surface area is 213 Å². The maximum absolute atomic E-state index is 13.0. The Balaban J connectivity index is 1.10. The number of hydrogen-bond acceptors (Lipinski definition) is 4. The number of hydrogen-bond donors (Lipinski definition) is 1. The van der Waals surface area contributed by atoms with Gasteiger partial charge in [0.15, 0.2) is 0 Å². The Morgan fingerprint density at radius 2 is 2.03 bits per heavy atom. The molecule has 0 radical (unpaired) electrons. The Morgan fingerprint density at radius 3 is 2.67 bits per heavy atom. The summed E-state index contributed by atoms with van der Waals surface area (Å²) in [6.07, 6.45) is 6.40. The number of allylic oxidation sites excluding steroid dienone is 1. The molecule has 3 aliphatic rings. The van der Waals surface area contributed by atoms with E-state index in [-0.39, 0.29) is 12.3 Å². The number of carbonyl (C=O) groups excluding carboxylic acids is 1. The molecule has 1 saturated carbocycles. The van der Waals surface area contributed by atoms with Crippen molar-refractivity contribution in [2.24, 2.45) is 11.3 Å². The van der Waals surface area contributed by atoms with Crippen LogP contribution in [0.1, 0.15) is 55.2 Å². The number of piperidine rings is 1. The molecule has 2 aromatic heterocycles. The Bertz CT molecular complexity index is 1190. The molecule has 1 saturated heterocycles. The highest BCUT2D eigenvalue weighted by Crippen LogP contribution is 2.52. The average Bonchev–Trinajstić information content (AvgIpc) is 3.19. The van der Waals surface area contributed by atoms with Gasteiger partial charge in [-0.2, -0.15) is 0 Å². The second-order valence-electron chi connectivity index (χ2n) is 10.1. The molecule has 3 heterocycles. The van der Waals surface area contributed by atoms with Gasteiger partial charge < -0.3 is 10.2 Å². The summed E-state index contributed by atoms with van der Waals surface area (Å²) >= 11 is 6.14. The zero-order chi connectivity index (χ0) is 25.5. The number of amides is 1. The summed E-state index contributed by atoms with van der Waals surface area (Å²) in [6.45, 7) is 4.40. The number of nitrogens with one attached hydrogen (secondary N) is 1. The predicted octanol–water partition coefficient (Wildman–Crippen LogP) is 5.52. The zero-order valence-electron chi connectivity index (χ0n) is 20.2. The number of ether oxygens (including phenoxy) is 1. The van der Waals surface area contributed by atoms with Gasteiger partial charge in [0.05, 0.1) is 16.8 Å². The molecule has 10 heteroatoms. The summed E-state index contributed by atoms with van der Waals surface area (Å²) in [5.74, 6) is 0.323. The van der Waals surface area contributed by atoms with Crippen LogP contribution in [0.4, 0.5) is 13.2 Å². The third-order valence-electron chi connectivity index (χ3n) is 7.71. The van der Waals surface area contributed by atoms with Crippen LogP contribution in [0.2, 0.25) is 5.02 Å². The van der Waals surface area contributed by atoms with Crippen molar-refractivity contribution in [3.8, 4) is 0 Å². The van der Waals surface area contributed by atoms with Crippen LogP contribution in [0.5, 0.6) is 0 Å².